The summed E-state index contributed by atoms with van der Waals surface area (Å²) in [5.74, 6) is 0.775. The zero-order valence-electron chi connectivity index (χ0n) is 10.8. The minimum absolute atomic E-state index is 0.00931. The lowest BCUT2D eigenvalue weighted by atomic mass is 10.0. The largest absolute Gasteiger partial charge is 0.497 e. The molecule has 0 radical (unpaired) electrons. The lowest BCUT2D eigenvalue weighted by Crippen LogP contribution is -2.39. The van der Waals surface area contributed by atoms with Crippen molar-refractivity contribution in [3.63, 3.8) is 0 Å². The second-order valence-corrected chi connectivity index (χ2v) is 4.09. The average Bonchev–Trinajstić information content (AvgIpc) is 2.38. The topological polar surface area (TPSA) is 38.8 Å². The van der Waals surface area contributed by atoms with Crippen LogP contribution in [0.4, 0.5) is 10.5 Å². The highest BCUT2D eigenvalue weighted by molar-refractivity contribution is 5.93. The minimum Gasteiger partial charge on any atom is -0.497 e. The third-order valence-corrected chi connectivity index (χ3v) is 2.92. The Morgan fingerprint density at radius 2 is 2.22 bits per heavy atom. The number of methoxy groups -OCH3 is 1. The van der Waals surface area contributed by atoms with Crippen LogP contribution in [0.2, 0.25) is 0 Å². The lowest BCUT2D eigenvalue weighted by molar-refractivity contribution is 0.158. The van der Waals surface area contributed by atoms with Gasteiger partial charge in [0.25, 0.3) is 0 Å². The number of carbonyl (C=O) groups excluding carboxylic acids is 1. The van der Waals surface area contributed by atoms with E-state index in [1.54, 1.807) is 18.9 Å². The fourth-order valence-corrected chi connectivity index (χ4v) is 2.02. The van der Waals surface area contributed by atoms with Crippen molar-refractivity contribution in [1.29, 1.82) is 0 Å². The van der Waals surface area contributed by atoms with E-state index in [2.05, 4.69) is 0 Å². The summed E-state index contributed by atoms with van der Waals surface area (Å²) in [6, 6.07) is 5.62. The molecule has 1 aliphatic rings. The third-order valence-electron chi connectivity index (χ3n) is 2.92. The molecule has 4 heteroatoms. The van der Waals surface area contributed by atoms with Crippen molar-refractivity contribution in [3.8, 4) is 5.75 Å². The average molecular weight is 247 g/mol. The smallest absolute Gasteiger partial charge is 0.414 e. The van der Waals surface area contributed by atoms with Crippen LogP contribution in [0.25, 0.3) is 6.08 Å². The van der Waals surface area contributed by atoms with Gasteiger partial charge in [-0.3, -0.25) is 4.90 Å². The van der Waals surface area contributed by atoms with Crippen molar-refractivity contribution in [2.45, 2.75) is 19.9 Å². The van der Waals surface area contributed by atoms with E-state index in [9.17, 15) is 4.79 Å². The molecule has 1 aromatic rings. The Labute approximate surface area is 107 Å². The zero-order valence-corrected chi connectivity index (χ0v) is 10.8. The molecule has 0 aromatic heterocycles. The van der Waals surface area contributed by atoms with Gasteiger partial charge in [0.05, 0.1) is 25.4 Å². The SMILES string of the molecule is CCOC(=O)N1c2ccc(OC)cc2C=CC1C. The van der Waals surface area contributed by atoms with E-state index in [0.717, 1.165) is 17.0 Å². The fraction of sp³-hybridized carbons (Fsp3) is 0.357. The van der Waals surface area contributed by atoms with Crippen LogP contribution in [0, 0.1) is 0 Å². The fourth-order valence-electron chi connectivity index (χ4n) is 2.02. The van der Waals surface area contributed by atoms with Gasteiger partial charge in [-0.1, -0.05) is 12.2 Å². The third kappa shape index (κ3) is 2.18. The summed E-state index contributed by atoms with van der Waals surface area (Å²) in [6.07, 6.45) is 3.65. The molecular weight excluding hydrogens is 230 g/mol. The molecule has 0 saturated carbocycles. The molecule has 18 heavy (non-hydrogen) atoms. The number of amides is 1. The maximum Gasteiger partial charge on any atom is 0.414 e. The molecule has 96 valence electrons. The monoisotopic (exact) mass is 247 g/mol. The maximum absolute atomic E-state index is 12.0. The van der Waals surface area contributed by atoms with E-state index in [0.29, 0.717) is 6.61 Å². The normalized spacial score (nSPS) is 17.3. The van der Waals surface area contributed by atoms with Gasteiger partial charge >= 0.3 is 6.09 Å². The van der Waals surface area contributed by atoms with Crippen molar-refractivity contribution in [1.82, 2.24) is 0 Å². The van der Waals surface area contributed by atoms with Crippen molar-refractivity contribution in [2.24, 2.45) is 0 Å². The molecule has 1 atom stereocenters. The number of carbonyl (C=O) groups is 1. The summed E-state index contributed by atoms with van der Waals surface area (Å²) < 4.78 is 10.3. The first-order valence-corrected chi connectivity index (χ1v) is 5.99. The summed E-state index contributed by atoms with van der Waals surface area (Å²) in [6.45, 7) is 4.13. The predicted octanol–water partition coefficient (Wildman–Crippen LogP) is 3.07. The van der Waals surface area contributed by atoms with E-state index in [1.807, 2.05) is 37.3 Å². The van der Waals surface area contributed by atoms with Crippen LogP contribution in [0.1, 0.15) is 19.4 Å². The van der Waals surface area contributed by atoms with E-state index < -0.39 is 0 Å². The molecule has 4 nitrogen and oxygen atoms in total. The van der Waals surface area contributed by atoms with Gasteiger partial charge in [-0.05, 0) is 32.0 Å². The molecule has 1 aromatic carbocycles. The Morgan fingerprint density at radius 1 is 1.44 bits per heavy atom. The van der Waals surface area contributed by atoms with Crippen LogP contribution in [-0.2, 0) is 4.74 Å². The number of nitrogens with zero attached hydrogens (tertiary/aromatic N) is 1. The van der Waals surface area contributed by atoms with Gasteiger partial charge < -0.3 is 9.47 Å². The van der Waals surface area contributed by atoms with E-state index >= 15 is 0 Å². The van der Waals surface area contributed by atoms with Crippen LogP contribution in [-0.4, -0.2) is 25.9 Å². The standard InChI is InChI=1S/C14H17NO3/c1-4-18-14(16)15-10(2)5-6-11-9-12(17-3)7-8-13(11)15/h5-10H,4H2,1-3H3. The quantitative estimate of drug-likeness (QED) is 0.806. The number of benzene rings is 1. The van der Waals surface area contributed by atoms with Crippen LogP contribution in [0.5, 0.6) is 5.75 Å². The first-order valence-electron chi connectivity index (χ1n) is 5.99. The number of ether oxygens (including phenoxy) is 2. The number of rotatable bonds is 2. The van der Waals surface area contributed by atoms with Gasteiger partial charge in [0, 0.05) is 5.56 Å². The molecule has 2 rings (SSSR count). The van der Waals surface area contributed by atoms with E-state index in [-0.39, 0.29) is 12.1 Å². The molecule has 0 aliphatic carbocycles. The second-order valence-electron chi connectivity index (χ2n) is 4.09. The Bertz CT molecular complexity index is 482. The summed E-state index contributed by atoms with van der Waals surface area (Å²) in [5, 5.41) is 0. The van der Waals surface area contributed by atoms with Gasteiger partial charge in [-0.2, -0.15) is 0 Å². The Morgan fingerprint density at radius 3 is 2.89 bits per heavy atom. The van der Waals surface area contributed by atoms with Crippen LogP contribution >= 0.6 is 0 Å². The predicted molar refractivity (Wildman–Crippen MR) is 71.0 cm³/mol. The highest BCUT2D eigenvalue weighted by atomic mass is 16.6. The summed E-state index contributed by atoms with van der Waals surface area (Å²) >= 11 is 0. The first kappa shape index (κ1) is 12.5. The van der Waals surface area contributed by atoms with E-state index in [4.69, 9.17) is 9.47 Å². The molecule has 0 fully saturated rings. The molecule has 0 spiro atoms. The molecule has 1 unspecified atom stereocenters. The van der Waals surface area contributed by atoms with Crippen LogP contribution in [0.3, 0.4) is 0 Å². The molecule has 0 bridgehead atoms. The molecule has 1 heterocycles. The van der Waals surface area contributed by atoms with Gasteiger partial charge in [0.1, 0.15) is 5.75 Å². The second kappa shape index (κ2) is 5.12. The number of hydrogen-bond acceptors (Lipinski definition) is 3. The maximum atomic E-state index is 12.0. The molecule has 1 amide bonds. The van der Waals surface area contributed by atoms with Gasteiger partial charge in [-0.25, -0.2) is 4.79 Å². The Kier molecular flexibility index (Phi) is 3.55. The van der Waals surface area contributed by atoms with Crippen molar-refractivity contribution < 1.29 is 14.3 Å². The van der Waals surface area contributed by atoms with Gasteiger partial charge in [0.15, 0.2) is 0 Å². The van der Waals surface area contributed by atoms with Gasteiger partial charge in [0.2, 0.25) is 0 Å². The number of fused-ring (bicyclic) bond motifs is 1. The lowest BCUT2D eigenvalue weighted by Gasteiger charge is -2.31. The summed E-state index contributed by atoms with van der Waals surface area (Å²) in [7, 11) is 1.63. The summed E-state index contributed by atoms with van der Waals surface area (Å²) in [5.41, 5.74) is 1.81. The van der Waals surface area contributed by atoms with Crippen LogP contribution in [0.15, 0.2) is 24.3 Å². The summed E-state index contributed by atoms with van der Waals surface area (Å²) in [4.78, 5) is 13.6. The number of hydrogen-bond donors (Lipinski definition) is 0. The van der Waals surface area contributed by atoms with Gasteiger partial charge in [-0.15, -0.1) is 0 Å². The molecular formula is C14H17NO3. The highest BCUT2D eigenvalue weighted by Crippen LogP contribution is 2.32. The number of anilines is 1. The molecule has 1 aliphatic heterocycles. The van der Waals surface area contributed by atoms with Crippen LogP contribution < -0.4 is 9.64 Å². The van der Waals surface area contributed by atoms with Crippen molar-refractivity contribution >= 4 is 17.9 Å². The Balaban J connectivity index is 2.39. The van der Waals surface area contributed by atoms with Crippen molar-refractivity contribution in [3.05, 3.63) is 29.8 Å². The first-order chi connectivity index (χ1) is 8.67. The van der Waals surface area contributed by atoms with Crippen molar-refractivity contribution in [2.75, 3.05) is 18.6 Å². The van der Waals surface area contributed by atoms with E-state index in [1.165, 1.54) is 0 Å². The molecule has 0 N–H and O–H groups in total. The highest BCUT2D eigenvalue weighted by Gasteiger charge is 2.26. The zero-order chi connectivity index (χ0) is 13.1. The Hall–Kier alpha value is -1.97. The molecule has 0 saturated heterocycles. The minimum atomic E-state index is -0.319.